The normalized spacial score (nSPS) is 17.2. The predicted molar refractivity (Wildman–Crippen MR) is 117 cm³/mol. The second kappa shape index (κ2) is 7.89. The minimum absolute atomic E-state index is 0.124. The first-order chi connectivity index (χ1) is 15.7. The van der Waals surface area contributed by atoms with Gasteiger partial charge in [-0.1, -0.05) is 11.3 Å². The maximum absolute atomic E-state index is 12.5. The smallest absolute Gasteiger partial charge is 0.478 e. The topological polar surface area (TPSA) is 92.5 Å². The molecular weight excluding hydrogens is 459 g/mol. The first kappa shape index (κ1) is 21.5. The minimum Gasteiger partial charge on any atom is -0.478 e. The first-order valence-electron chi connectivity index (χ1n) is 10.0. The molecule has 4 aromatic rings. The van der Waals surface area contributed by atoms with Gasteiger partial charge in [0.15, 0.2) is 5.13 Å². The summed E-state index contributed by atoms with van der Waals surface area (Å²) < 4.78 is 44.2. The van der Waals surface area contributed by atoms with Crippen LogP contribution < -0.4 is 10.1 Å². The highest BCUT2D eigenvalue weighted by Gasteiger charge is 2.31. The van der Waals surface area contributed by atoms with E-state index in [1.165, 1.54) is 35.6 Å². The Morgan fingerprint density at radius 3 is 2.73 bits per heavy atom. The summed E-state index contributed by atoms with van der Waals surface area (Å²) >= 11 is 1.17. The van der Waals surface area contributed by atoms with Gasteiger partial charge in [-0.25, -0.2) is 14.8 Å². The summed E-state index contributed by atoms with van der Waals surface area (Å²) in [5, 5.41) is 13.0. The van der Waals surface area contributed by atoms with Gasteiger partial charge in [-0.2, -0.15) is 0 Å². The van der Waals surface area contributed by atoms with Crippen LogP contribution in [0.5, 0.6) is 5.75 Å². The van der Waals surface area contributed by atoms with Gasteiger partial charge in [0.2, 0.25) is 5.95 Å². The molecule has 0 radical (unpaired) electrons. The fourth-order valence-corrected chi connectivity index (χ4v) is 4.95. The van der Waals surface area contributed by atoms with Crippen molar-refractivity contribution in [3.05, 3.63) is 42.0 Å². The second-order valence-corrected chi connectivity index (χ2v) is 8.87. The Labute approximate surface area is 189 Å². The van der Waals surface area contributed by atoms with Crippen LogP contribution in [0.4, 0.5) is 24.3 Å². The van der Waals surface area contributed by atoms with E-state index < -0.39 is 12.3 Å². The number of nitrogens with one attached hydrogen (secondary N) is 1. The zero-order valence-corrected chi connectivity index (χ0v) is 18.1. The van der Waals surface area contributed by atoms with Gasteiger partial charge in [0.1, 0.15) is 5.75 Å². The number of hydrogen-bond donors (Lipinski definition) is 2. The number of likely N-dealkylation sites (N-methyl/N-ethyl adjacent to an activating group) is 1. The fraction of sp³-hybridized carbons (Fsp3) is 0.286. The summed E-state index contributed by atoms with van der Waals surface area (Å²) in [6.07, 6.45) is -3.87. The Morgan fingerprint density at radius 1 is 1.21 bits per heavy atom. The van der Waals surface area contributed by atoms with Gasteiger partial charge in [-0.3, -0.25) is 0 Å². The molecule has 2 aromatic heterocycles. The Bertz CT molecular complexity index is 1370. The van der Waals surface area contributed by atoms with E-state index in [4.69, 9.17) is 0 Å². The van der Waals surface area contributed by atoms with Crippen LogP contribution in [0.3, 0.4) is 0 Å². The van der Waals surface area contributed by atoms with E-state index in [0.717, 1.165) is 25.0 Å². The lowest BCUT2D eigenvalue weighted by Gasteiger charge is -2.17. The number of carboxylic acids is 1. The van der Waals surface area contributed by atoms with E-state index in [-0.39, 0.29) is 17.4 Å². The molecule has 0 amide bonds. The van der Waals surface area contributed by atoms with Crippen molar-refractivity contribution >= 4 is 49.6 Å². The number of alkyl halides is 3. The van der Waals surface area contributed by atoms with E-state index in [2.05, 4.69) is 24.9 Å². The number of aromatic nitrogens is 3. The van der Waals surface area contributed by atoms with Crippen molar-refractivity contribution in [3.63, 3.8) is 0 Å². The van der Waals surface area contributed by atoms with Crippen molar-refractivity contribution in [2.75, 3.05) is 25.5 Å². The number of aromatic carboxylic acids is 1. The molecule has 0 spiro atoms. The third-order valence-electron chi connectivity index (χ3n) is 5.48. The highest BCUT2D eigenvalue weighted by atomic mass is 32.1. The second-order valence-electron chi connectivity index (χ2n) is 7.84. The minimum atomic E-state index is -4.77. The van der Waals surface area contributed by atoms with Crippen molar-refractivity contribution in [2.24, 2.45) is 0 Å². The number of fused-ring (bicyclic) bond motifs is 2. The first-order valence-corrected chi connectivity index (χ1v) is 10.8. The quantitative estimate of drug-likeness (QED) is 0.424. The zero-order valence-electron chi connectivity index (χ0n) is 17.3. The number of rotatable bonds is 5. The molecule has 5 rings (SSSR count). The summed E-state index contributed by atoms with van der Waals surface area (Å²) in [5.74, 6) is -0.851. The number of anilines is 2. The van der Waals surface area contributed by atoms with Gasteiger partial charge in [0.05, 0.1) is 32.9 Å². The summed E-state index contributed by atoms with van der Waals surface area (Å²) in [4.78, 5) is 22.7. The summed E-state index contributed by atoms with van der Waals surface area (Å²) in [6, 6.07) is 8.91. The summed E-state index contributed by atoms with van der Waals surface area (Å²) in [7, 11) is 2.03. The van der Waals surface area contributed by atoms with E-state index in [1.54, 1.807) is 12.1 Å². The van der Waals surface area contributed by atoms with Crippen LogP contribution in [0.2, 0.25) is 0 Å². The van der Waals surface area contributed by atoms with Crippen molar-refractivity contribution in [1.82, 2.24) is 19.4 Å². The van der Waals surface area contributed by atoms with Crippen LogP contribution in [-0.2, 0) is 0 Å². The molecule has 12 heteroatoms. The maximum Gasteiger partial charge on any atom is 0.573 e. The molecule has 0 bridgehead atoms. The van der Waals surface area contributed by atoms with E-state index >= 15 is 0 Å². The number of ether oxygens (including phenoxy) is 1. The number of benzene rings is 2. The number of thiazole rings is 1. The highest BCUT2D eigenvalue weighted by Crippen LogP contribution is 2.35. The molecule has 1 aliphatic heterocycles. The SMILES string of the molecule is CN1CCC(n2c(Nc3nc4ccc(OC(F)(F)F)cc4s3)nc3cc(C(=O)O)ccc32)C1. The number of nitrogens with zero attached hydrogens (tertiary/aromatic N) is 4. The Morgan fingerprint density at radius 2 is 2.03 bits per heavy atom. The van der Waals surface area contributed by atoms with Crippen LogP contribution in [0.25, 0.3) is 21.3 Å². The highest BCUT2D eigenvalue weighted by molar-refractivity contribution is 7.22. The van der Waals surface area contributed by atoms with Crippen molar-refractivity contribution in [2.45, 2.75) is 18.8 Å². The van der Waals surface area contributed by atoms with Crippen LogP contribution in [0.1, 0.15) is 22.8 Å². The molecule has 8 nitrogen and oxygen atoms in total. The number of likely N-dealkylation sites (tertiary alicyclic amines) is 1. The van der Waals surface area contributed by atoms with Crippen LogP contribution in [0.15, 0.2) is 36.4 Å². The van der Waals surface area contributed by atoms with Gasteiger partial charge in [0.25, 0.3) is 0 Å². The van der Waals surface area contributed by atoms with Crippen LogP contribution >= 0.6 is 11.3 Å². The molecular formula is C21H18F3N5O3S. The van der Waals surface area contributed by atoms with Gasteiger partial charge in [-0.05, 0) is 50.3 Å². The molecule has 33 heavy (non-hydrogen) atoms. The molecule has 2 N–H and O–H groups in total. The zero-order chi connectivity index (χ0) is 23.3. The molecule has 0 saturated carbocycles. The molecule has 172 valence electrons. The van der Waals surface area contributed by atoms with Gasteiger partial charge in [-0.15, -0.1) is 13.2 Å². The van der Waals surface area contributed by atoms with Gasteiger partial charge >= 0.3 is 12.3 Å². The van der Waals surface area contributed by atoms with Crippen molar-refractivity contribution < 1.29 is 27.8 Å². The number of halogens is 3. The molecule has 1 unspecified atom stereocenters. The molecule has 1 aliphatic rings. The van der Waals surface area contributed by atoms with E-state index in [0.29, 0.717) is 26.8 Å². The Balaban J connectivity index is 1.53. The molecule has 2 aromatic carbocycles. The number of carbonyl (C=O) groups is 1. The van der Waals surface area contributed by atoms with Crippen LogP contribution in [-0.4, -0.2) is 57.0 Å². The van der Waals surface area contributed by atoms with Gasteiger partial charge in [0, 0.05) is 12.6 Å². The lowest BCUT2D eigenvalue weighted by atomic mass is 10.2. The van der Waals surface area contributed by atoms with E-state index in [1.807, 2.05) is 11.6 Å². The molecule has 1 saturated heterocycles. The van der Waals surface area contributed by atoms with Crippen molar-refractivity contribution in [1.29, 1.82) is 0 Å². The Hall–Kier alpha value is -3.38. The summed E-state index contributed by atoms with van der Waals surface area (Å²) in [5.41, 5.74) is 1.99. The van der Waals surface area contributed by atoms with Crippen molar-refractivity contribution in [3.8, 4) is 5.75 Å². The average Bonchev–Trinajstić information content (AvgIpc) is 3.41. The maximum atomic E-state index is 12.5. The van der Waals surface area contributed by atoms with E-state index in [9.17, 15) is 23.1 Å². The third kappa shape index (κ3) is 4.31. The number of hydrogen-bond acceptors (Lipinski definition) is 7. The molecule has 3 heterocycles. The average molecular weight is 477 g/mol. The largest absolute Gasteiger partial charge is 0.573 e. The predicted octanol–water partition coefficient (Wildman–Crippen LogP) is 4.86. The summed E-state index contributed by atoms with van der Waals surface area (Å²) in [6.45, 7) is 1.72. The molecule has 1 atom stereocenters. The monoisotopic (exact) mass is 477 g/mol. The Kier molecular flexibility index (Phi) is 5.13. The molecule has 0 aliphatic carbocycles. The third-order valence-corrected chi connectivity index (χ3v) is 6.41. The lowest BCUT2D eigenvalue weighted by molar-refractivity contribution is -0.274. The standard InChI is InChI=1S/C21H18F3N5O3S/c1-28-7-6-12(10-28)29-16-5-2-11(18(30)31)8-15(16)25-19(29)27-20-26-14-4-3-13(9-17(14)33-20)32-21(22,23)24/h2-5,8-9,12H,6-7,10H2,1H3,(H,30,31)(H,25,26,27). The number of imidazole rings is 1. The van der Waals surface area contributed by atoms with Gasteiger partial charge < -0.3 is 24.6 Å². The fourth-order valence-electron chi connectivity index (χ4n) is 4.06. The lowest BCUT2D eigenvalue weighted by Crippen LogP contribution is -2.17. The molecule has 1 fully saturated rings. The van der Waals surface area contributed by atoms with Crippen LogP contribution in [0, 0.1) is 0 Å². The number of carboxylic acid groups (broad SMARTS) is 1.